The van der Waals surface area contributed by atoms with Crippen LogP contribution in [0.4, 0.5) is 4.39 Å². The van der Waals surface area contributed by atoms with Gasteiger partial charge in [0.15, 0.2) is 0 Å². The summed E-state index contributed by atoms with van der Waals surface area (Å²) in [5, 5.41) is -0.456. The van der Waals surface area contributed by atoms with Crippen LogP contribution < -0.4 is 0 Å². The van der Waals surface area contributed by atoms with Gasteiger partial charge in [-0.3, -0.25) is 0 Å². The standard InChI is InChI=1S/C12H8Br2ClFS/c1-6-3-2-4-7(11(6)16)10(15)9-5-8(13)12(14)17-9/h2-5,10H,1H3. The van der Waals surface area contributed by atoms with E-state index in [-0.39, 0.29) is 5.82 Å². The van der Waals surface area contributed by atoms with E-state index in [2.05, 4.69) is 31.9 Å². The molecule has 0 N–H and O–H groups in total. The highest BCUT2D eigenvalue weighted by Crippen LogP contribution is 2.41. The van der Waals surface area contributed by atoms with E-state index in [9.17, 15) is 4.39 Å². The Morgan fingerprint density at radius 3 is 2.65 bits per heavy atom. The first-order valence-electron chi connectivity index (χ1n) is 4.84. The molecule has 1 unspecified atom stereocenters. The molecule has 90 valence electrons. The largest absolute Gasteiger partial charge is 0.206 e. The van der Waals surface area contributed by atoms with Crippen molar-refractivity contribution < 1.29 is 4.39 Å². The molecule has 0 aliphatic carbocycles. The zero-order chi connectivity index (χ0) is 12.6. The van der Waals surface area contributed by atoms with Crippen molar-refractivity contribution in [1.29, 1.82) is 0 Å². The van der Waals surface area contributed by atoms with Crippen molar-refractivity contribution in [1.82, 2.24) is 0 Å². The minimum Gasteiger partial charge on any atom is -0.206 e. The van der Waals surface area contributed by atoms with Crippen LogP contribution in [0.3, 0.4) is 0 Å². The molecule has 0 aliphatic heterocycles. The second-order valence-corrected chi connectivity index (χ2v) is 7.30. The Kier molecular flexibility index (Phi) is 4.29. The molecule has 2 rings (SSSR count). The summed E-state index contributed by atoms with van der Waals surface area (Å²) in [6, 6.07) is 7.19. The normalized spacial score (nSPS) is 12.8. The van der Waals surface area contributed by atoms with Crippen LogP contribution >= 0.6 is 54.8 Å². The van der Waals surface area contributed by atoms with Crippen LogP contribution in [0.5, 0.6) is 0 Å². The van der Waals surface area contributed by atoms with Gasteiger partial charge in [0.05, 0.1) is 9.16 Å². The van der Waals surface area contributed by atoms with Gasteiger partial charge < -0.3 is 0 Å². The van der Waals surface area contributed by atoms with E-state index in [1.54, 1.807) is 19.1 Å². The van der Waals surface area contributed by atoms with Gasteiger partial charge in [0.1, 0.15) is 5.82 Å². The molecule has 1 aromatic carbocycles. The first-order chi connectivity index (χ1) is 8.00. The predicted molar refractivity (Wildman–Crippen MR) is 78.6 cm³/mol. The third kappa shape index (κ3) is 2.75. The molecule has 0 aliphatic rings. The quantitative estimate of drug-likeness (QED) is 0.540. The van der Waals surface area contributed by atoms with E-state index < -0.39 is 5.38 Å². The maximum absolute atomic E-state index is 13.9. The lowest BCUT2D eigenvalue weighted by atomic mass is 10.1. The summed E-state index contributed by atoms with van der Waals surface area (Å²) in [7, 11) is 0. The van der Waals surface area contributed by atoms with Crippen LogP contribution in [-0.2, 0) is 0 Å². The number of benzene rings is 1. The van der Waals surface area contributed by atoms with E-state index in [1.807, 2.05) is 12.1 Å². The Morgan fingerprint density at radius 2 is 2.06 bits per heavy atom. The third-order valence-corrected chi connectivity index (χ3v) is 6.33. The number of halogens is 4. The molecule has 0 bridgehead atoms. The molecule has 0 amide bonds. The lowest BCUT2D eigenvalue weighted by Crippen LogP contribution is -1.96. The van der Waals surface area contributed by atoms with Gasteiger partial charge in [0.25, 0.3) is 0 Å². The average molecular weight is 399 g/mol. The van der Waals surface area contributed by atoms with Crippen LogP contribution in [0, 0.1) is 12.7 Å². The molecule has 0 radical (unpaired) electrons. The van der Waals surface area contributed by atoms with Crippen LogP contribution in [0.1, 0.15) is 21.4 Å². The van der Waals surface area contributed by atoms with Crippen molar-refractivity contribution in [3.05, 3.63) is 54.3 Å². The van der Waals surface area contributed by atoms with Gasteiger partial charge in [-0.15, -0.1) is 22.9 Å². The van der Waals surface area contributed by atoms with Gasteiger partial charge in [-0.25, -0.2) is 4.39 Å². The molecule has 1 heterocycles. The SMILES string of the molecule is Cc1cccc(C(Cl)c2cc(Br)c(Br)s2)c1F. The molecule has 0 saturated heterocycles. The van der Waals surface area contributed by atoms with Crippen molar-refractivity contribution in [2.45, 2.75) is 12.3 Å². The lowest BCUT2D eigenvalue weighted by molar-refractivity contribution is 0.603. The highest BCUT2D eigenvalue weighted by Gasteiger charge is 2.19. The summed E-state index contributed by atoms with van der Waals surface area (Å²) in [6.45, 7) is 1.74. The van der Waals surface area contributed by atoms with Gasteiger partial charge in [-0.05, 0) is 50.4 Å². The Bertz CT molecular complexity index is 534. The van der Waals surface area contributed by atoms with Gasteiger partial charge in [0, 0.05) is 14.9 Å². The lowest BCUT2D eigenvalue weighted by Gasteiger charge is -2.10. The first-order valence-corrected chi connectivity index (χ1v) is 7.68. The van der Waals surface area contributed by atoms with Crippen molar-refractivity contribution in [2.75, 3.05) is 0 Å². The van der Waals surface area contributed by atoms with E-state index >= 15 is 0 Å². The zero-order valence-corrected chi connectivity index (χ0v) is 13.6. The van der Waals surface area contributed by atoms with Crippen molar-refractivity contribution in [3.8, 4) is 0 Å². The summed E-state index contributed by atoms with van der Waals surface area (Å²) in [5.74, 6) is -0.229. The number of aryl methyl sites for hydroxylation is 1. The fraction of sp³-hybridized carbons (Fsp3) is 0.167. The third-order valence-electron chi connectivity index (χ3n) is 2.41. The summed E-state index contributed by atoms with van der Waals surface area (Å²) in [6.07, 6.45) is 0. The Balaban J connectivity index is 2.43. The van der Waals surface area contributed by atoms with Gasteiger partial charge in [-0.1, -0.05) is 18.2 Å². The monoisotopic (exact) mass is 396 g/mol. The Morgan fingerprint density at radius 1 is 1.35 bits per heavy atom. The Labute approximate surface area is 125 Å². The maximum Gasteiger partial charge on any atom is 0.131 e. The fourth-order valence-electron chi connectivity index (χ4n) is 1.51. The number of rotatable bonds is 2. The van der Waals surface area contributed by atoms with E-state index in [0.29, 0.717) is 11.1 Å². The molecule has 5 heteroatoms. The highest BCUT2D eigenvalue weighted by atomic mass is 79.9. The molecule has 0 saturated carbocycles. The van der Waals surface area contributed by atoms with Gasteiger partial charge >= 0.3 is 0 Å². The highest BCUT2D eigenvalue weighted by molar-refractivity contribution is 9.13. The minimum atomic E-state index is -0.456. The Hall–Kier alpha value is 0.1000. The summed E-state index contributed by atoms with van der Waals surface area (Å²) in [5.41, 5.74) is 1.13. The number of hydrogen-bond donors (Lipinski definition) is 0. The van der Waals surface area contributed by atoms with Crippen LogP contribution in [0.2, 0.25) is 0 Å². The molecule has 1 aromatic heterocycles. The van der Waals surface area contributed by atoms with Crippen molar-refractivity contribution in [3.63, 3.8) is 0 Å². The summed E-state index contributed by atoms with van der Waals surface area (Å²) >= 11 is 14.6. The number of thiophene rings is 1. The zero-order valence-electron chi connectivity index (χ0n) is 8.81. The maximum atomic E-state index is 13.9. The molecular formula is C12H8Br2ClFS. The first kappa shape index (κ1) is 13.5. The smallest absolute Gasteiger partial charge is 0.131 e. The number of alkyl halides is 1. The molecule has 0 spiro atoms. The van der Waals surface area contributed by atoms with E-state index in [4.69, 9.17) is 11.6 Å². The molecule has 2 aromatic rings. The van der Waals surface area contributed by atoms with Crippen molar-refractivity contribution >= 4 is 54.8 Å². The second-order valence-electron chi connectivity index (χ2n) is 3.61. The topological polar surface area (TPSA) is 0 Å². The summed E-state index contributed by atoms with van der Waals surface area (Å²) in [4.78, 5) is 0.912. The molecular weight excluding hydrogens is 390 g/mol. The minimum absolute atomic E-state index is 0.229. The molecule has 0 fully saturated rings. The fourth-order valence-corrected chi connectivity index (χ4v) is 3.96. The van der Waals surface area contributed by atoms with Crippen LogP contribution in [0.15, 0.2) is 32.5 Å². The average Bonchev–Trinajstić information content (AvgIpc) is 2.62. The van der Waals surface area contributed by atoms with Crippen molar-refractivity contribution in [2.24, 2.45) is 0 Å². The van der Waals surface area contributed by atoms with Gasteiger partial charge in [-0.2, -0.15) is 0 Å². The number of hydrogen-bond acceptors (Lipinski definition) is 1. The van der Waals surface area contributed by atoms with Crippen LogP contribution in [0.25, 0.3) is 0 Å². The van der Waals surface area contributed by atoms with Crippen LogP contribution in [-0.4, -0.2) is 0 Å². The van der Waals surface area contributed by atoms with E-state index in [0.717, 1.165) is 13.1 Å². The molecule has 17 heavy (non-hydrogen) atoms. The molecule has 1 atom stereocenters. The van der Waals surface area contributed by atoms with Gasteiger partial charge in [0.2, 0.25) is 0 Å². The second kappa shape index (κ2) is 5.39. The van der Waals surface area contributed by atoms with E-state index in [1.165, 1.54) is 11.3 Å². The predicted octanol–water partition coefficient (Wildman–Crippen LogP) is 6.05. The molecule has 0 nitrogen and oxygen atoms in total. The summed E-state index contributed by atoms with van der Waals surface area (Å²) < 4.78 is 15.8.